The van der Waals surface area contributed by atoms with Crippen LogP contribution in [0.15, 0.2) is 30.3 Å². The van der Waals surface area contributed by atoms with E-state index < -0.39 is 0 Å². The minimum absolute atomic E-state index is 0.537. The highest BCUT2D eigenvalue weighted by molar-refractivity contribution is 5.20. The molecule has 3 heteroatoms. The number of benzene rings is 1. The summed E-state index contributed by atoms with van der Waals surface area (Å²) in [7, 11) is 4.42. The lowest BCUT2D eigenvalue weighted by Gasteiger charge is -2.40. The van der Waals surface area contributed by atoms with E-state index in [9.17, 15) is 0 Å². The third kappa shape index (κ3) is 4.06. The van der Waals surface area contributed by atoms with Crippen LogP contribution >= 0.6 is 0 Å². The number of nitrogens with one attached hydrogen (secondary N) is 1. The summed E-state index contributed by atoms with van der Waals surface area (Å²) in [6.45, 7) is 3.53. The molecule has 1 saturated heterocycles. The van der Waals surface area contributed by atoms with Gasteiger partial charge in [0.1, 0.15) is 0 Å². The third-order valence-corrected chi connectivity index (χ3v) is 5.03. The van der Waals surface area contributed by atoms with Crippen molar-refractivity contribution >= 4 is 0 Å². The second kappa shape index (κ2) is 6.91. The van der Waals surface area contributed by atoms with Gasteiger partial charge >= 0.3 is 0 Å². The van der Waals surface area contributed by atoms with E-state index in [-0.39, 0.29) is 0 Å². The first-order chi connectivity index (χ1) is 10.2. The van der Waals surface area contributed by atoms with Crippen molar-refractivity contribution in [3.63, 3.8) is 0 Å². The van der Waals surface area contributed by atoms with E-state index in [2.05, 4.69) is 59.5 Å². The molecule has 1 aromatic rings. The van der Waals surface area contributed by atoms with Gasteiger partial charge in [0.2, 0.25) is 0 Å². The summed E-state index contributed by atoms with van der Waals surface area (Å²) < 4.78 is 0. The van der Waals surface area contributed by atoms with Gasteiger partial charge in [0.25, 0.3) is 0 Å². The molecule has 2 aliphatic rings. The standard InChI is InChI=1S/C18H29N3/c1-20(2)17-10-12-21(13-11-17)18(14-19-16-8-9-16)15-6-4-3-5-7-15/h3-7,16-19H,8-14H2,1-2H3. The molecule has 0 bridgehead atoms. The molecule has 0 spiro atoms. The van der Waals surface area contributed by atoms with Gasteiger partial charge in [-0.15, -0.1) is 0 Å². The Morgan fingerprint density at radius 3 is 2.33 bits per heavy atom. The van der Waals surface area contributed by atoms with Gasteiger partial charge in [-0.05, 0) is 45.3 Å². The first kappa shape index (κ1) is 15.0. The Labute approximate surface area is 129 Å². The smallest absolute Gasteiger partial charge is 0.0472 e. The fourth-order valence-corrected chi connectivity index (χ4v) is 3.41. The van der Waals surface area contributed by atoms with E-state index in [1.165, 1.54) is 44.3 Å². The number of likely N-dealkylation sites (tertiary alicyclic amines) is 1. The average Bonchev–Trinajstić information content (AvgIpc) is 3.33. The minimum atomic E-state index is 0.537. The Hall–Kier alpha value is -0.900. The van der Waals surface area contributed by atoms with E-state index in [1.807, 2.05) is 0 Å². The summed E-state index contributed by atoms with van der Waals surface area (Å²) in [6, 6.07) is 13.1. The van der Waals surface area contributed by atoms with Crippen LogP contribution in [-0.2, 0) is 0 Å². The van der Waals surface area contributed by atoms with Gasteiger partial charge < -0.3 is 10.2 Å². The number of piperidine rings is 1. The average molecular weight is 287 g/mol. The van der Waals surface area contributed by atoms with Crippen molar-refractivity contribution in [3.05, 3.63) is 35.9 Å². The predicted molar refractivity (Wildman–Crippen MR) is 88.5 cm³/mol. The quantitative estimate of drug-likeness (QED) is 0.867. The second-order valence-corrected chi connectivity index (χ2v) is 6.84. The maximum Gasteiger partial charge on any atom is 0.0472 e. The molecule has 1 N–H and O–H groups in total. The molecule has 2 fully saturated rings. The normalized spacial score (nSPS) is 22.6. The molecule has 0 radical (unpaired) electrons. The highest BCUT2D eigenvalue weighted by Crippen LogP contribution is 2.27. The zero-order valence-electron chi connectivity index (χ0n) is 13.5. The molecule has 1 heterocycles. The SMILES string of the molecule is CN(C)C1CCN(C(CNC2CC2)c2ccccc2)CC1. The molecular formula is C18H29N3. The van der Waals surface area contributed by atoms with Crippen LogP contribution in [0, 0.1) is 0 Å². The summed E-state index contributed by atoms with van der Waals surface area (Å²) in [4.78, 5) is 5.07. The van der Waals surface area contributed by atoms with Crippen LogP contribution < -0.4 is 5.32 Å². The summed E-state index contributed by atoms with van der Waals surface area (Å²) in [5.41, 5.74) is 1.47. The van der Waals surface area contributed by atoms with Gasteiger partial charge in [-0.3, -0.25) is 4.90 Å². The Morgan fingerprint density at radius 2 is 1.76 bits per heavy atom. The lowest BCUT2D eigenvalue weighted by Crippen LogP contribution is -2.45. The molecule has 1 unspecified atom stereocenters. The van der Waals surface area contributed by atoms with Gasteiger partial charge in [-0.2, -0.15) is 0 Å². The van der Waals surface area contributed by atoms with Crippen LogP contribution in [-0.4, -0.2) is 55.6 Å². The summed E-state index contributed by atoms with van der Waals surface area (Å²) in [6.07, 6.45) is 5.31. The fourth-order valence-electron chi connectivity index (χ4n) is 3.41. The van der Waals surface area contributed by atoms with Crippen molar-refractivity contribution in [1.82, 2.24) is 15.1 Å². The van der Waals surface area contributed by atoms with Crippen molar-refractivity contribution in [2.45, 2.75) is 43.8 Å². The molecule has 21 heavy (non-hydrogen) atoms. The highest BCUT2D eigenvalue weighted by Gasteiger charge is 2.28. The fraction of sp³-hybridized carbons (Fsp3) is 0.667. The molecule has 1 aliphatic heterocycles. The van der Waals surface area contributed by atoms with E-state index in [0.29, 0.717) is 6.04 Å². The summed E-state index contributed by atoms with van der Waals surface area (Å²) in [5, 5.41) is 3.73. The molecule has 116 valence electrons. The topological polar surface area (TPSA) is 18.5 Å². The molecule has 3 rings (SSSR count). The van der Waals surface area contributed by atoms with Crippen LogP contribution in [0.1, 0.15) is 37.3 Å². The van der Waals surface area contributed by atoms with Crippen molar-refractivity contribution in [1.29, 1.82) is 0 Å². The molecular weight excluding hydrogens is 258 g/mol. The molecule has 1 atom stereocenters. The van der Waals surface area contributed by atoms with Crippen molar-refractivity contribution in [2.75, 3.05) is 33.7 Å². The van der Waals surface area contributed by atoms with Gasteiger partial charge in [0.15, 0.2) is 0 Å². The zero-order chi connectivity index (χ0) is 14.7. The monoisotopic (exact) mass is 287 g/mol. The number of nitrogens with zero attached hydrogens (tertiary/aromatic N) is 2. The Bertz CT molecular complexity index is 419. The van der Waals surface area contributed by atoms with E-state index in [1.54, 1.807) is 0 Å². The third-order valence-electron chi connectivity index (χ3n) is 5.03. The van der Waals surface area contributed by atoms with E-state index >= 15 is 0 Å². The minimum Gasteiger partial charge on any atom is -0.312 e. The lowest BCUT2D eigenvalue weighted by atomic mass is 9.98. The van der Waals surface area contributed by atoms with Crippen molar-refractivity contribution < 1.29 is 0 Å². The van der Waals surface area contributed by atoms with Gasteiger partial charge in [0, 0.05) is 37.8 Å². The Kier molecular flexibility index (Phi) is 4.94. The highest BCUT2D eigenvalue weighted by atomic mass is 15.2. The first-order valence-electron chi connectivity index (χ1n) is 8.43. The molecule has 1 saturated carbocycles. The Morgan fingerprint density at radius 1 is 1.10 bits per heavy atom. The van der Waals surface area contributed by atoms with Crippen molar-refractivity contribution in [3.8, 4) is 0 Å². The number of rotatable bonds is 6. The van der Waals surface area contributed by atoms with Crippen LogP contribution in [0.5, 0.6) is 0 Å². The largest absolute Gasteiger partial charge is 0.312 e. The lowest BCUT2D eigenvalue weighted by molar-refractivity contribution is 0.107. The maximum atomic E-state index is 3.73. The number of hydrogen-bond donors (Lipinski definition) is 1. The van der Waals surface area contributed by atoms with Crippen LogP contribution in [0.25, 0.3) is 0 Å². The Balaban J connectivity index is 1.64. The second-order valence-electron chi connectivity index (χ2n) is 6.84. The van der Waals surface area contributed by atoms with Gasteiger partial charge in [-0.25, -0.2) is 0 Å². The molecule has 1 aromatic carbocycles. The predicted octanol–water partition coefficient (Wildman–Crippen LogP) is 2.51. The zero-order valence-corrected chi connectivity index (χ0v) is 13.5. The molecule has 0 amide bonds. The van der Waals surface area contributed by atoms with Crippen LogP contribution in [0.3, 0.4) is 0 Å². The maximum absolute atomic E-state index is 3.73. The molecule has 3 nitrogen and oxygen atoms in total. The van der Waals surface area contributed by atoms with Crippen LogP contribution in [0.2, 0.25) is 0 Å². The summed E-state index contributed by atoms with van der Waals surface area (Å²) >= 11 is 0. The van der Waals surface area contributed by atoms with Crippen LogP contribution in [0.4, 0.5) is 0 Å². The van der Waals surface area contributed by atoms with Crippen molar-refractivity contribution in [2.24, 2.45) is 0 Å². The van der Waals surface area contributed by atoms with E-state index in [0.717, 1.165) is 18.6 Å². The van der Waals surface area contributed by atoms with Gasteiger partial charge in [-0.1, -0.05) is 30.3 Å². The first-order valence-corrected chi connectivity index (χ1v) is 8.43. The molecule has 0 aromatic heterocycles. The summed E-state index contributed by atoms with van der Waals surface area (Å²) in [5.74, 6) is 0. The molecule has 1 aliphatic carbocycles. The number of hydrogen-bond acceptors (Lipinski definition) is 3. The van der Waals surface area contributed by atoms with Gasteiger partial charge in [0.05, 0.1) is 0 Å². The van der Waals surface area contributed by atoms with E-state index in [4.69, 9.17) is 0 Å².